The number of nitrogens with zero attached hydrogens (tertiary/aromatic N) is 2. The van der Waals surface area contributed by atoms with E-state index in [4.69, 9.17) is 4.74 Å². The lowest BCUT2D eigenvalue weighted by molar-refractivity contribution is -0.135. The normalized spacial score (nSPS) is 19.3. The number of hydrogen-bond donors (Lipinski definition) is 0. The molecule has 0 aromatic heterocycles. The van der Waals surface area contributed by atoms with Crippen LogP contribution in [0.1, 0.15) is 23.1 Å². The molecular formula is C23H26N2O3. The van der Waals surface area contributed by atoms with Crippen molar-refractivity contribution in [2.75, 3.05) is 26.7 Å². The Labute approximate surface area is 165 Å². The van der Waals surface area contributed by atoms with Crippen molar-refractivity contribution in [2.45, 2.75) is 25.8 Å². The van der Waals surface area contributed by atoms with Crippen molar-refractivity contribution < 1.29 is 14.3 Å². The summed E-state index contributed by atoms with van der Waals surface area (Å²) in [4.78, 5) is 29.4. The number of ether oxygens (including phenoxy) is 1. The fourth-order valence-corrected chi connectivity index (χ4v) is 4.28. The maximum Gasteiger partial charge on any atom is 0.228 e. The molecule has 5 nitrogen and oxygen atoms in total. The summed E-state index contributed by atoms with van der Waals surface area (Å²) in [5.41, 5.74) is 3.63. The topological polar surface area (TPSA) is 49.9 Å². The summed E-state index contributed by atoms with van der Waals surface area (Å²) in [5, 5.41) is 0. The second-order valence-corrected chi connectivity index (χ2v) is 7.58. The highest BCUT2D eigenvalue weighted by Gasteiger charge is 2.37. The van der Waals surface area contributed by atoms with Crippen LogP contribution in [0, 0.1) is 5.92 Å². The molecule has 2 heterocycles. The molecule has 2 aromatic rings. The van der Waals surface area contributed by atoms with Crippen LogP contribution in [0.15, 0.2) is 48.5 Å². The number of carbonyl (C=O) groups is 2. The Bertz CT molecular complexity index is 853. The molecule has 0 N–H and O–H groups in total. The maximum absolute atomic E-state index is 13.1. The van der Waals surface area contributed by atoms with Crippen LogP contribution in [0.25, 0.3) is 0 Å². The van der Waals surface area contributed by atoms with E-state index < -0.39 is 0 Å². The molecule has 28 heavy (non-hydrogen) atoms. The van der Waals surface area contributed by atoms with E-state index in [2.05, 4.69) is 24.3 Å². The first-order valence-electron chi connectivity index (χ1n) is 9.91. The number of amides is 2. The summed E-state index contributed by atoms with van der Waals surface area (Å²) in [6.07, 6.45) is 2.07. The maximum atomic E-state index is 13.1. The van der Waals surface area contributed by atoms with Crippen molar-refractivity contribution in [1.82, 2.24) is 9.80 Å². The van der Waals surface area contributed by atoms with Crippen molar-refractivity contribution in [3.63, 3.8) is 0 Å². The number of methoxy groups -OCH3 is 1. The zero-order valence-electron chi connectivity index (χ0n) is 16.3. The molecule has 2 aromatic carbocycles. The van der Waals surface area contributed by atoms with Gasteiger partial charge < -0.3 is 14.5 Å². The lowest BCUT2D eigenvalue weighted by atomic mass is 10.0. The summed E-state index contributed by atoms with van der Waals surface area (Å²) in [6.45, 7) is 2.43. The van der Waals surface area contributed by atoms with Crippen LogP contribution in [0.3, 0.4) is 0 Å². The predicted molar refractivity (Wildman–Crippen MR) is 107 cm³/mol. The van der Waals surface area contributed by atoms with Crippen LogP contribution in [0.5, 0.6) is 5.75 Å². The van der Waals surface area contributed by atoms with Crippen LogP contribution >= 0.6 is 0 Å². The Balaban J connectivity index is 1.40. The quantitative estimate of drug-likeness (QED) is 0.822. The van der Waals surface area contributed by atoms with E-state index in [0.29, 0.717) is 19.5 Å². The van der Waals surface area contributed by atoms with Gasteiger partial charge in [0.2, 0.25) is 11.8 Å². The molecule has 1 fully saturated rings. The molecule has 1 atom stereocenters. The van der Waals surface area contributed by atoms with Gasteiger partial charge in [-0.25, -0.2) is 0 Å². The van der Waals surface area contributed by atoms with Gasteiger partial charge in [0.1, 0.15) is 5.75 Å². The van der Waals surface area contributed by atoms with E-state index in [-0.39, 0.29) is 17.7 Å². The average molecular weight is 378 g/mol. The molecule has 2 aliphatic heterocycles. The third-order valence-electron chi connectivity index (χ3n) is 5.85. The number of likely N-dealkylation sites (tertiary alicyclic amines) is 1. The highest BCUT2D eigenvalue weighted by molar-refractivity contribution is 5.89. The van der Waals surface area contributed by atoms with Crippen LogP contribution in [0.4, 0.5) is 0 Å². The highest BCUT2D eigenvalue weighted by Crippen LogP contribution is 2.26. The largest absolute Gasteiger partial charge is 0.496 e. The number of fused-ring (bicyclic) bond motifs is 1. The lowest BCUT2D eigenvalue weighted by Crippen LogP contribution is -2.39. The number of para-hydroxylation sites is 1. The molecule has 0 spiro atoms. The monoisotopic (exact) mass is 378 g/mol. The molecular weight excluding hydrogens is 352 g/mol. The molecule has 5 heteroatoms. The smallest absolute Gasteiger partial charge is 0.228 e. The summed E-state index contributed by atoms with van der Waals surface area (Å²) >= 11 is 0. The first kappa shape index (κ1) is 18.5. The van der Waals surface area contributed by atoms with E-state index in [1.54, 1.807) is 12.0 Å². The minimum atomic E-state index is -0.247. The third-order valence-corrected chi connectivity index (χ3v) is 5.85. The van der Waals surface area contributed by atoms with Gasteiger partial charge in [-0.3, -0.25) is 9.59 Å². The molecule has 1 saturated heterocycles. The number of benzene rings is 2. The standard InChI is InChI=1S/C23H26N2O3/c1-28-21-9-5-4-8-19(21)15-25-16-20(14-22(25)26)23(27)24-12-10-17-6-2-3-7-18(17)11-13-24/h2-9,20H,10-16H2,1H3. The first-order chi connectivity index (χ1) is 13.7. The fourth-order valence-electron chi connectivity index (χ4n) is 4.28. The van der Waals surface area contributed by atoms with Crippen molar-refractivity contribution >= 4 is 11.8 Å². The minimum absolute atomic E-state index is 0.0439. The summed E-state index contributed by atoms with van der Waals surface area (Å²) in [5.74, 6) is 0.685. The second-order valence-electron chi connectivity index (χ2n) is 7.58. The minimum Gasteiger partial charge on any atom is -0.496 e. The lowest BCUT2D eigenvalue weighted by Gasteiger charge is -2.24. The molecule has 0 saturated carbocycles. The van der Waals surface area contributed by atoms with Crippen molar-refractivity contribution in [1.29, 1.82) is 0 Å². The van der Waals surface area contributed by atoms with Gasteiger partial charge in [0.15, 0.2) is 0 Å². The SMILES string of the molecule is COc1ccccc1CN1CC(C(=O)N2CCc3ccccc3CC2)CC1=O. The van der Waals surface area contributed by atoms with Gasteiger partial charge in [0.05, 0.1) is 13.0 Å². The Morgan fingerprint density at radius 1 is 1.04 bits per heavy atom. The van der Waals surface area contributed by atoms with E-state index in [1.165, 1.54) is 11.1 Å². The summed E-state index contributed by atoms with van der Waals surface area (Å²) < 4.78 is 5.39. The number of carbonyl (C=O) groups excluding carboxylic acids is 2. The van der Waals surface area contributed by atoms with Gasteiger partial charge in [-0.1, -0.05) is 42.5 Å². The van der Waals surface area contributed by atoms with E-state index in [9.17, 15) is 9.59 Å². The summed E-state index contributed by atoms with van der Waals surface area (Å²) in [7, 11) is 1.63. The Morgan fingerprint density at radius 3 is 2.36 bits per heavy atom. The number of rotatable bonds is 4. The number of hydrogen-bond acceptors (Lipinski definition) is 3. The van der Waals surface area contributed by atoms with Crippen molar-refractivity contribution in [3.05, 3.63) is 65.2 Å². The molecule has 1 unspecified atom stereocenters. The van der Waals surface area contributed by atoms with Crippen LogP contribution < -0.4 is 4.74 Å². The van der Waals surface area contributed by atoms with Crippen LogP contribution in [-0.2, 0) is 29.0 Å². The van der Waals surface area contributed by atoms with Crippen molar-refractivity contribution in [3.8, 4) is 5.75 Å². The summed E-state index contributed by atoms with van der Waals surface area (Å²) in [6, 6.07) is 16.1. The fraction of sp³-hybridized carbons (Fsp3) is 0.391. The van der Waals surface area contributed by atoms with Gasteiger partial charge in [0, 0.05) is 38.2 Å². The zero-order chi connectivity index (χ0) is 19.5. The van der Waals surface area contributed by atoms with Crippen molar-refractivity contribution in [2.24, 2.45) is 5.92 Å². The molecule has 0 radical (unpaired) electrons. The van der Waals surface area contributed by atoms with Gasteiger partial charge in [-0.05, 0) is 30.0 Å². The Kier molecular flexibility index (Phi) is 5.33. The zero-order valence-corrected chi connectivity index (χ0v) is 16.3. The van der Waals surface area contributed by atoms with Gasteiger partial charge in [0.25, 0.3) is 0 Å². The molecule has 2 aliphatic rings. The molecule has 0 bridgehead atoms. The van der Waals surface area contributed by atoms with Gasteiger partial charge in [-0.2, -0.15) is 0 Å². The highest BCUT2D eigenvalue weighted by atomic mass is 16.5. The molecule has 0 aliphatic carbocycles. The van der Waals surface area contributed by atoms with Crippen LogP contribution in [0.2, 0.25) is 0 Å². The van der Waals surface area contributed by atoms with Gasteiger partial charge >= 0.3 is 0 Å². The first-order valence-corrected chi connectivity index (χ1v) is 9.91. The van der Waals surface area contributed by atoms with E-state index in [1.807, 2.05) is 29.2 Å². The Morgan fingerprint density at radius 2 is 1.68 bits per heavy atom. The predicted octanol–water partition coefficient (Wildman–Crippen LogP) is 2.67. The van der Waals surface area contributed by atoms with Gasteiger partial charge in [-0.15, -0.1) is 0 Å². The molecule has 4 rings (SSSR count). The van der Waals surface area contributed by atoms with Crippen LogP contribution in [-0.4, -0.2) is 48.4 Å². The third kappa shape index (κ3) is 3.75. The van der Waals surface area contributed by atoms with E-state index in [0.717, 1.165) is 37.2 Å². The van der Waals surface area contributed by atoms with E-state index >= 15 is 0 Å². The molecule has 146 valence electrons. The Hall–Kier alpha value is -2.82. The second kappa shape index (κ2) is 8.05. The molecule has 2 amide bonds. The average Bonchev–Trinajstić information content (AvgIpc) is 2.95.